The van der Waals surface area contributed by atoms with Crippen LogP contribution < -0.4 is 14.8 Å². The van der Waals surface area contributed by atoms with Gasteiger partial charge in [0.1, 0.15) is 0 Å². The highest BCUT2D eigenvalue weighted by Gasteiger charge is 2.34. The lowest BCUT2D eigenvalue weighted by Crippen LogP contribution is -2.34. The molecule has 1 aromatic carbocycles. The van der Waals surface area contributed by atoms with Crippen LogP contribution in [-0.4, -0.2) is 12.7 Å². The second-order valence-corrected chi connectivity index (χ2v) is 7.93. The van der Waals surface area contributed by atoms with Crippen LogP contribution in [-0.2, 0) is 11.2 Å². The van der Waals surface area contributed by atoms with E-state index in [2.05, 4.69) is 17.5 Å². The lowest BCUT2D eigenvalue weighted by Gasteiger charge is -2.32. The Kier molecular flexibility index (Phi) is 4.68. The first-order valence-corrected chi connectivity index (χ1v) is 9.75. The van der Waals surface area contributed by atoms with Crippen LogP contribution in [0, 0.1) is 22.7 Å². The summed E-state index contributed by atoms with van der Waals surface area (Å²) in [5.74, 6) is 1.38. The van der Waals surface area contributed by atoms with Crippen molar-refractivity contribution >= 4 is 17.5 Å². The number of nitrogens with one attached hydrogen (secondary N) is 1. The molecule has 144 valence electrons. The average molecular weight is 397 g/mol. The monoisotopic (exact) mass is 396 g/mol. The number of carbonyl (C=O) groups excluding carboxylic acids is 1. The molecular formula is C22H21ClN2O3. The van der Waals surface area contributed by atoms with Crippen LogP contribution >= 0.6 is 11.6 Å². The van der Waals surface area contributed by atoms with Gasteiger partial charge in [-0.25, -0.2) is 0 Å². The maximum absolute atomic E-state index is 12.2. The number of fused-ring (bicyclic) bond motifs is 2. The van der Waals surface area contributed by atoms with Gasteiger partial charge in [0.2, 0.25) is 6.79 Å². The van der Waals surface area contributed by atoms with E-state index < -0.39 is 5.41 Å². The molecule has 6 heteroatoms. The third-order valence-electron chi connectivity index (χ3n) is 5.60. The predicted octanol–water partition coefficient (Wildman–Crippen LogP) is 4.44. The fourth-order valence-electron chi connectivity index (χ4n) is 3.88. The quantitative estimate of drug-likeness (QED) is 0.816. The molecule has 0 aromatic heterocycles. The van der Waals surface area contributed by atoms with Gasteiger partial charge in [0.05, 0.1) is 11.5 Å². The molecule has 2 unspecified atom stereocenters. The smallest absolute Gasteiger partial charge is 0.251 e. The number of amides is 1. The van der Waals surface area contributed by atoms with Crippen LogP contribution in [0.5, 0.6) is 11.5 Å². The van der Waals surface area contributed by atoms with Crippen molar-refractivity contribution in [3.63, 3.8) is 0 Å². The molecule has 1 aliphatic carbocycles. The second kappa shape index (κ2) is 7.03. The fraction of sp³-hybridized carbons (Fsp3) is 0.364. The summed E-state index contributed by atoms with van der Waals surface area (Å²) in [6.07, 6.45) is 7.99. The Labute approximate surface area is 169 Å². The number of hydrogen-bond acceptors (Lipinski definition) is 4. The van der Waals surface area contributed by atoms with Crippen LogP contribution in [0.15, 0.2) is 47.2 Å². The van der Waals surface area contributed by atoms with E-state index in [0.29, 0.717) is 29.4 Å². The molecule has 0 spiro atoms. The summed E-state index contributed by atoms with van der Waals surface area (Å²) in [5, 5.41) is 13.5. The molecule has 1 amide bonds. The lowest BCUT2D eigenvalue weighted by atomic mass is 9.74. The number of rotatable bonds is 4. The molecule has 2 heterocycles. The van der Waals surface area contributed by atoms with E-state index in [1.165, 1.54) is 0 Å². The van der Waals surface area contributed by atoms with E-state index >= 15 is 0 Å². The normalized spacial score (nSPS) is 22.1. The zero-order valence-corrected chi connectivity index (χ0v) is 16.6. The molecule has 1 N–H and O–H groups in total. The molecule has 2 aliphatic heterocycles. The largest absolute Gasteiger partial charge is 0.454 e. The third kappa shape index (κ3) is 3.18. The Morgan fingerprint density at radius 3 is 2.82 bits per heavy atom. The van der Waals surface area contributed by atoms with Crippen LogP contribution in [0.25, 0.3) is 0 Å². The van der Waals surface area contributed by atoms with Crippen LogP contribution in [0.1, 0.15) is 32.3 Å². The van der Waals surface area contributed by atoms with Gasteiger partial charge < -0.3 is 14.8 Å². The molecule has 28 heavy (non-hydrogen) atoms. The fourth-order valence-corrected chi connectivity index (χ4v) is 4.10. The Morgan fingerprint density at radius 1 is 1.36 bits per heavy atom. The van der Waals surface area contributed by atoms with Gasteiger partial charge in [-0.1, -0.05) is 30.7 Å². The average Bonchev–Trinajstić information content (AvgIpc) is 3.14. The van der Waals surface area contributed by atoms with E-state index in [1.54, 1.807) is 6.07 Å². The summed E-state index contributed by atoms with van der Waals surface area (Å²) in [7, 11) is 0. The van der Waals surface area contributed by atoms with Crippen molar-refractivity contribution in [1.82, 2.24) is 5.32 Å². The number of carbonyl (C=O) groups is 1. The summed E-state index contributed by atoms with van der Waals surface area (Å²) in [5.41, 5.74) is 2.61. The number of hydrogen-bond donors (Lipinski definition) is 1. The molecule has 0 fully saturated rings. The van der Waals surface area contributed by atoms with Crippen molar-refractivity contribution < 1.29 is 14.3 Å². The standard InChI is InChI=1S/C22H21ClN2O3/c1-3-13-6-14-4-5-16(8-18(14)25-21(13)26)22(2,11-24)10-15-7-19-20(9-17(15)23)28-12-27-19/h5-9,14H,3-4,10,12H2,1-2H3,(H,25,26). The third-order valence-corrected chi connectivity index (χ3v) is 5.96. The Balaban J connectivity index is 1.63. The van der Waals surface area contributed by atoms with Gasteiger partial charge in [-0.2, -0.15) is 5.26 Å². The lowest BCUT2D eigenvalue weighted by molar-refractivity contribution is -0.117. The maximum atomic E-state index is 12.2. The number of nitrogens with zero attached hydrogens (tertiary/aromatic N) is 1. The molecule has 0 saturated carbocycles. The van der Waals surface area contributed by atoms with Crippen molar-refractivity contribution in [3.8, 4) is 17.6 Å². The minimum atomic E-state index is -0.783. The molecule has 3 aliphatic rings. The highest BCUT2D eigenvalue weighted by Crippen LogP contribution is 2.42. The van der Waals surface area contributed by atoms with Gasteiger partial charge in [0.25, 0.3) is 5.91 Å². The van der Waals surface area contributed by atoms with Gasteiger partial charge in [-0.3, -0.25) is 4.79 Å². The molecular weight excluding hydrogens is 376 g/mol. The van der Waals surface area contributed by atoms with Gasteiger partial charge in [-0.15, -0.1) is 0 Å². The SMILES string of the molecule is CCC1=CC2CC=C(C(C)(C#N)Cc3cc4c(cc3Cl)OCO4)C=C2NC1=O. The Hall–Kier alpha value is -2.71. The Bertz CT molecular complexity index is 986. The molecule has 5 nitrogen and oxygen atoms in total. The molecule has 2 atom stereocenters. The van der Waals surface area contributed by atoms with E-state index in [9.17, 15) is 10.1 Å². The Morgan fingerprint density at radius 2 is 2.11 bits per heavy atom. The minimum Gasteiger partial charge on any atom is -0.454 e. The second-order valence-electron chi connectivity index (χ2n) is 7.52. The van der Waals surface area contributed by atoms with E-state index in [0.717, 1.165) is 28.8 Å². The summed E-state index contributed by atoms with van der Waals surface area (Å²) in [6, 6.07) is 6.03. The highest BCUT2D eigenvalue weighted by molar-refractivity contribution is 6.31. The van der Waals surface area contributed by atoms with Crippen molar-refractivity contribution in [2.45, 2.75) is 33.1 Å². The molecule has 1 aromatic rings. The predicted molar refractivity (Wildman–Crippen MR) is 106 cm³/mol. The van der Waals surface area contributed by atoms with Gasteiger partial charge in [0, 0.05) is 28.3 Å². The van der Waals surface area contributed by atoms with Crippen molar-refractivity contribution in [3.05, 3.63) is 57.8 Å². The zero-order valence-electron chi connectivity index (χ0n) is 15.8. The summed E-state index contributed by atoms with van der Waals surface area (Å²) in [4.78, 5) is 12.2. The van der Waals surface area contributed by atoms with Crippen molar-refractivity contribution in [2.75, 3.05) is 6.79 Å². The van der Waals surface area contributed by atoms with E-state index in [-0.39, 0.29) is 18.6 Å². The van der Waals surface area contributed by atoms with E-state index in [1.807, 2.05) is 32.1 Å². The number of allylic oxidation sites excluding steroid dienone is 4. The summed E-state index contributed by atoms with van der Waals surface area (Å²) >= 11 is 6.43. The molecule has 0 radical (unpaired) electrons. The minimum absolute atomic E-state index is 0.0521. The van der Waals surface area contributed by atoms with Gasteiger partial charge in [0.15, 0.2) is 11.5 Å². The first kappa shape index (κ1) is 18.6. The number of benzene rings is 1. The molecule has 4 rings (SSSR count). The molecule has 0 bridgehead atoms. The van der Waals surface area contributed by atoms with Gasteiger partial charge in [-0.05, 0) is 49.5 Å². The number of nitriles is 1. The van der Waals surface area contributed by atoms with Crippen molar-refractivity contribution in [2.24, 2.45) is 11.3 Å². The van der Waals surface area contributed by atoms with E-state index in [4.69, 9.17) is 21.1 Å². The first-order chi connectivity index (χ1) is 13.4. The maximum Gasteiger partial charge on any atom is 0.251 e. The summed E-state index contributed by atoms with van der Waals surface area (Å²) < 4.78 is 10.8. The highest BCUT2D eigenvalue weighted by atomic mass is 35.5. The number of ether oxygens (including phenoxy) is 2. The van der Waals surface area contributed by atoms with Crippen LogP contribution in [0.4, 0.5) is 0 Å². The zero-order chi connectivity index (χ0) is 19.9. The number of halogens is 1. The summed E-state index contributed by atoms with van der Waals surface area (Å²) in [6.45, 7) is 4.05. The van der Waals surface area contributed by atoms with Crippen LogP contribution in [0.2, 0.25) is 5.02 Å². The topological polar surface area (TPSA) is 71.3 Å². The van der Waals surface area contributed by atoms with Crippen LogP contribution in [0.3, 0.4) is 0 Å². The van der Waals surface area contributed by atoms with Crippen molar-refractivity contribution in [1.29, 1.82) is 5.26 Å². The molecule has 0 saturated heterocycles. The van der Waals surface area contributed by atoms with Gasteiger partial charge >= 0.3 is 0 Å². The first-order valence-electron chi connectivity index (χ1n) is 9.37.